The highest BCUT2D eigenvalue weighted by Crippen LogP contribution is 2.21. The van der Waals surface area contributed by atoms with Crippen LogP contribution in [-0.4, -0.2) is 21.6 Å². The van der Waals surface area contributed by atoms with Gasteiger partial charge < -0.3 is 5.11 Å². The number of hydrogen-bond acceptors (Lipinski definition) is 4. The fourth-order valence-corrected chi connectivity index (χ4v) is 1.59. The van der Waals surface area contributed by atoms with Crippen molar-refractivity contribution in [2.45, 2.75) is 33.3 Å². The first-order valence-electron chi connectivity index (χ1n) is 4.28. The van der Waals surface area contributed by atoms with Crippen molar-refractivity contribution >= 4 is 22.4 Å². The van der Waals surface area contributed by atoms with E-state index in [4.69, 9.17) is 0 Å². The minimum Gasteiger partial charge on any atom is -0.381 e. The number of aryl methyl sites for hydroxylation is 2. The molecule has 1 aromatic heterocycles. The van der Waals surface area contributed by atoms with Crippen molar-refractivity contribution < 1.29 is 9.90 Å². The van der Waals surface area contributed by atoms with Gasteiger partial charge in [0.1, 0.15) is 5.60 Å². The third-order valence-corrected chi connectivity index (χ3v) is 2.79. The van der Waals surface area contributed by atoms with Crippen LogP contribution in [0.3, 0.4) is 0 Å². The molecule has 0 saturated carbocycles. The SMILES string of the molecule is Cc1nc(NC(=O)C(C)(C)O)sc1C. The van der Waals surface area contributed by atoms with Crippen LogP contribution in [0.1, 0.15) is 24.4 Å². The molecule has 1 amide bonds. The summed E-state index contributed by atoms with van der Waals surface area (Å²) < 4.78 is 0. The number of aromatic nitrogens is 1. The van der Waals surface area contributed by atoms with Crippen LogP contribution >= 0.6 is 11.3 Å². The second-order valence-corrected chi connectivity index (χ2v) is 4.88. The molecule has 0 atom stereocenters. The molecule has 0 unspecified atom stereocenters. The molecule has 1 heterocycles. The van der Waals surface area contributed by atoms with Crippen molar-refractivity contribution in [2.24, 2.45) is 0 Å². The van der Waals surface area contributed by atoms with Crippen LogP contribution in [-0.2, 0) is 4.79 Å². The van der Waals surface area contributed by atoms with E-state index in [1.807, 2.05) is 13.8 Å². The predicted octanol–water partition coefficient (Wildman–Crippen LogP) is 1.47. The predicted molar refractivity (Wildman–Crippen MR) is 56.5 cm³/mol. The Bertz CT molecular complexity index is 333. The fraction of sp³-hybridized carbons (Fsp3) is 0.556. The van der Waals surface area contributed by atoms with Crippen molar-refractivity contribution in [3.05, 3.63) is 10.6 Å². The van der Waals surface area contributed by atoms with Gasteiger partial charge in [-0.2, -0.15) is 0 Å². The number of anilines is 1. The molecule has 0 aliphatic heterocycles. The number of nitrogens with one attached hydrogen (secondary N) is 1. The molecule has 14 heavy (non-hydrogen) atoms. The molecular weight excluding hydrogens is 200 g/mol. The molecule has 0 spiro atoms. The van der Waals surface area contributed by atoms with Gasteiger partial charge in [-0.15, -0.1) is 11.3 Å². The molecule has 0 saturated heterocycles. The topological polar surface area (TPSA) is 62.2 Å². The Morgan fingerprint density at radius 1 is 1.50 bits per heavy atom. The number of amides is 1. The van der Waals surface area contributed by atoms with Crippen molar-refractivity contribution in [1.82, 2.24) is 4.98 Å². The summed E-state index contributed by atoms with van der Waals surface area (Å²) in [5.74, 6) is -0.439. The zero-order valence-corrected chi connectivity index (χ0v) is 9.53. The zero-order chi connectivity index (χ0) is 10.9. The van der Waals surface area contributed by atoms with E-state index in [0.717, 1.165) is 10.6 Å². The third-order valence-electron chi connectivity index (χ3n) is 1.80. The van der Waals surface area contributed by atoms with Gasteiger partial charge in [0.25, 0.3) is 5.91 Å². The number of carbonyl (C=O) groups is 1. The average Bonchev–Trinajstić information content (AvgIpc) is 2.29. The Kier molecular flexibility index (Phi) is 2.92. The van der Waals surface area contributed by atoms with Crippen LogP contribution in [0.25, 0.3) is 0 Å². The van der Waals surface area contributed by atoms with Gasteiger partial charge in [-0.05, 0) is 27.7 Å². The highest BCUT2D eigenvalue weighted by molar-refractivity contribution is 7.15. The van der Waals surface area contributed by atoms with Crippen LogP contribution < -0.4 is 5.32 Å². The number of nitrogens with zero attached hydrogens (tertiary/aromatic N) is 1. The maximum absolute atomic E-state index is 11.4. The highest BCUT2D eigenvalue weighted by atomic mass is 32.1. The third kappa shape index (κ3) is 2.52. The quantitative estimate of drug-likeness (QED) is 0.783. The summed E-state index contributed by atoms with van der Waals surface area (Å²) in [6, 6.07) is 0. The minimum atomic E-state index is -1.37. The number of aliphatic hydroxyl groups is 1. The fourth-order valence-electron chi connectivity index (χ4n) is 0.776. The van der Waals surface area contributed by atoms with Crippen LogP contribution in [0, 0.1) is 13.8 Å². The first-order valence-corrected chi connectivity index (χ1v) is 5.10. The average molecular weight is 214 g/mol. The number of hydrogen-bond donors (Lipinski definition) is 2. The van der Waals surface area contributed by atoms with E-state index in [0.29, 0.717) is 5.13 Å². The molecule has 0 aliphatic carbocycles. The van der Waals surface area contributed by atoms with Gasteiger partial charge in [-0.1, -0.05) is 0 Å². The van der Waals surface area contributed by atoms with Gasteiger partial charge >= 0.3 is 0 Å². The minimum absolute atomic E-state index is 0.439. The van der Waals surface area contributed by atoms with Crippen LogP contribution in [0.2, 0.25) is 0 Å². The molecule has 1 rings (SSSR count). The van der Waals surface area contributed by atoms with Gasteiger partial charge in [0, 0.05) is 4.88 Å². The van der Waals surface area contributed by atoms with Crippen molar-refractivity contribution in [2.75, 3.05) is 5.32 Å². The summed E-state index contributed by atoms with van der Waals surface area (Å²) in [5.41, 5.74) is -0.464. The van der Waals surface area contributed by atoms with Gasteiger partial charge in [-0.25, -0.2) is 4.98 Å². The summed E-state index contributed by atoms with van der Waals surface area (Å²) in [6.45, 7) is 6.70. The molecule has 4 nitrogen and oxygen atoms in total. The number of rotatable bonds is 2. The van der Waals surface area contributed by atoms with Crippen molar-refractivity contribution in [3.63, 3.8) is 0 Å². The summed E-state index contributed by atoms with van der Waals surface area (Å²) in [4.78, 5) is 16.6. The maximum Gasteiger partial charge on any atom is 0.257 e. The Morgan fingerprint density at radius 3 is 2.43 bits per heavy atom. The van der Waals surface area contributed by atoms with Crippen molar-refractivity contribution in [1.29, 1.82) is 0 Å². The normalized spacial score (nSPS) is 11.5. The number of thiazole rings is 1. The molecular formula is C9H14N2O2S. The molecule has 0 aromatic carbocycles. The lowest BCUT2D eigenvalue weighted by molar-refractivity contribution is -0.130. The van der Waals surface area contributed by atoms with Crippen LogP contribution in [0.15, 0.2) is 0 Å². The number of carbonyl (C=O) groups excluding carboxylic acids is 1. The van der Waals surface area contributed by atoms with Crippen LogP contribution in [0.4, 0.5) is 5.13 Å². The van der Waals surface area contributed by atoms with E-state index in [1.165, 1.54) is 25.2 Å². The largest absolute Gasteiger partial charge is 0.381 e. The lowest BCUT2D eigenvalue weighted by atomic mass is 10.1. The molecule has 5 heteroatoms. The van der Waals surface area contributed by atoms with E-state index in [9.17, 15) is 9.90 Å². The second kappa shape index (κ2) is 3.67. The lowest BCUT2D eigenvalue weighted by Gasteiger charge is -2.14. The standard InChI is InChI=1S/C9H14N2O2S/c1-5-6(2)14-8(10-5)11-7(12)9(3,4)13/h13H,1-4H3,(H,10,11,12). The maximum atomic E-state index is 11.4. The van der Waals surface area contributed by atoms with Gasteiger partial charge in [0.05, 0.1) is 5.69 Å². The monoisotopic (exact) mass is 214 g/mol. The second-order valence-electron chi connectivity index (χ2n) is 3.67. The Hall–Kier alpha value is -0.940. The first kappa shape index (κ1) is 11.1. The zero-order valence-electron chi connectivity index (χ0n) is 8.71. The first-order chi connectivity index (χ1) is 6.30. The summed E-state index contributed by atoms with van der Waals surface area (Å²) in [5, 5.41) is 12.5. The van der Waals surface area contributed by atoms with E-state index in [1.54, 1.807) is 0 Å². The van der Waals surface area contributed by atoms with Gasteiger partial charge in [0.2, 0.25) is 0 Å². The molecule has 0 radical (unpaired) electrons. The van der Waals surface area contributed by atoms with E-state index in [2.05, 4.69) is 10.3 Å². The van der Waals surface area contributed by atoms with Gasteiger partial charge in [0.15, 0.2) is 5.13 Å². The molecule has 78 valence electrons. The Labute approximate surface area is 87.0 Å². The van der Waals surface area contributed by atoms with E-state index < -0.39 is 11.5 Å². The summed E-state index contributed by atoms with van der Waals surface area (Å²) in [7, 11) is 0. The summed E-state index contributed by atoms with van der Waals surface area (Å²) >= 11 is 1.40. The van der Waals surface area contributed by atoms with Crippen LogP contribution in [0.5, 0.6) is 0 Å². The highest BCUT2D eigenvalue weighted by Gasteiger charge is 2.24. The molecule has 0 aliphatic rings. The smallest absolute Gasteiger partial charge is 0.257 e. The lowest BCUT2D eigenvalue weighted by Crippen LogP contribution is -2.36. The Balaban J connectivity index is 2.75. The molecule has 0 fully saturated rings. The molecule has 0 bridgehead atoms. The summed E-state index contributed by atoms with van der Waals surface area (Å²) in [6.07, 6.45) is 0. The molecule has 1 aromatic rings. The van der Waals surface area contributed by atoms with Crippen molar-refractivity contribution in [3.8, 4) is 0 Å². The molecule has 2 N–H and O–H groups in total. The van der Waals surface area contributed by atoms with Gasteiger partial charge in [-0.3, -0.25) is 10.1 Å². The van der Waals surface area contributed by atoms with E-state index >= 15 is 0 Å². The van der Waals surface area contributed by atoms with E-state index in [-0.39, 0.29) is 0 Å². The Morgan fingerprint density at radius 2 is 2.07 bits per heavy atom.